The van der Waals surface area contributed by atoms with Crippen LogP contribution < -0.4 is 11.1 Å². The van der Waals surface area contributed by atoms with Gasteiger partial charge in [-0.25, -0.2) is 4.79 Å². The van der Waals surface area contributed by atoms with Crippen LogP contribution in [0.1, 0.15) is 5.56 Å². The third-order valence-corrected chi connectivity index (χ3v) is 5.34. The van der Waals surface area contributed by atoms with Crippen molar-refractivity contribution in [1.29, 1.82) is 0 Å². The summed E-state index contributed by atoms with van der Waals surface area (Å²) in [6.45, 7) is -0.309. The highest BCUT2D eigenvalue weighted by molar-refractivity contribution is 8.18. The normalized spacial score (nSPS) is 14.9. The second-order valence-electron chi connectivity index (χ2n) is 6.67. The molecule has 1 aliphatic rings. The molecule has 32 heavy (non-hydrogen) atoms. The van der Waals surface area contributed by atoms with E-state index < -0.39 is 22.8 Å². The molecule has 0 radical (unpaired) electrons. The van der Waals surface area contributed by atoms with Gasteiger partial charge < -0.3 is 9.73 Å². The van der Waals surface area contributed by atoms with Crippen LogP contribution in [0.25, 0.3) is 17.5 Å². The van der Waals surface area contributed by atoms with Crippen molar-refractivity contribution in [3.05, 3.63) is 75.9 Å². The largest absolute Gasteiger partial charge is 0.437 e. The molecule has 1 fully saturated rings. The molecule has 162 valence electrons. The highest BCUT2D eigenvalue weighted by Gasteiger charge is 2.34. The lowest BCUT2D eigenvalue weighted by atomic mass is 10.2. The van der Waals surface area contributed by atoms with Crippen LogP contribution in [0.3, 0.4) is 0 Å². The smallest absolute Gasteiger partial charge is 0.388 e. The second-order valence-corrected chi connectivity index (χ2v) is 7.66. The number of hydrogen-bond acceptors (Lipinski definition) is 8. The lowest BCUT2D eigenvalue weighted by Crippen LogP contribution is -2.39. The number of carbonyl (C=O) groups is 3. The summed E-state index contributed by atoms with van der Waals surface area (Å²) in [5, 5.41) is 6.18. The van der Waals surface area contributed by atoms with Crippen LogP contribution >= 0.6 is 11.8 Å². The molecule has 1 aromatic carbocycles. The quantitative estimate of drug-likeness (QED) is 0.538. The van der Waals surface area contributed by atoms with Crippen LogP contribution in [0.2, 0.25) is 0 Å². The number of nitrogens with one attached hydrogen (secondary N) is 1. The summed E-state index contributed by atoms with van der Waals surface area (Å²) in [4.78, 5) is 54.1. The Morgan fingerprint density at radius 1 is 1.12 bits per heavy atom. The minimum atomic E-state index is -0.759. The van der Waals surface area contributed by atoms with Gasteiger partial charge in [0.1, 0.15) is 6.54 Å². The van der Waals surface area contributed by atoms with Gasteiger partial charge in [-0.1, -0.05) is 24.3 Å². The zero-order valence-electron chi connectivity index (χ0n) is 16.6. The van der Waals surface area contributed by atoms with Crippen molar-refractivity contribution < 1.29 is 18.8 Å². The molecule has 0 aliphatic carbocycles. The Morgan fingerprint density at radius 3 is 2.69 bits per heavy atom. The molecular weight excluding hydrogens is 434 g/mol. The SMILES string of the molecule is O=C(Cn1nc(-c2ccccc2)oc1=O)NCCN1C(=O)SC(=Cc2cccnc2)C1=O. The van der Waals surface area contributed by atoms with Crippen LogP contribution in [0.15, 0.2) is 69.0 Å². The van der Waals surface area contributed by atoms with Crippen LogP contribution in [0, 0.1) is 0 Å². The Bertz CT molecular complexity index is 1240. The third kappa shape index (κ3) is 4.83. The molecule has 10 nitrogen and oxygen atoms in total. The van der Waals surface area contributed by atoms with Gasteiger partial charge in [-0.2, -0.15) is 4.68 Å². The third-order valence-electron chi connectivity index (χ3n) is 4.43. The average Bonchev–Trinajstić information content (AvgIpc) is 3.29. The van der Waals surface area contributed by atoms with Crippen molar-refractivity contribution in [2.75, 3.05) is 13.1 Å². The monoisotopic (exact) mass is 451 g/mol. The minimum Gasteiger partial charge on any atom is -0.388 e. The Kier molecular flexibility index (Phi) is 6.26. The van der Waals surface area contributed by atoms with Gasteiger partial charge in [0.25, 0.3) is 11.1 Å². The van der Waals surface area contributed by atoms with Crippen molar-refractivity contribution in [3.8, 4) is 11.5 Å². The van der Waals surface area contributed by atoms with Crippen molar-refractivity contribution in [3.63, 3.8) is 0 Å². The van der Waals surface area contributed by atoms with Gasteiger partial charge in [0.15, 0.2) is 0 Å². The van der Waals surface area contributed by atoms with E-state index in [4.69, 9.17) is 4.42 Å². The van der Waals surface area contributed by atoms with Crippen LogP contribution in [-0.4, -0.2) is 49.8 Å². The van der Waals surface area contributed by atoms with Crippen LogP contribution in [0.4, 0.5) is 4.79 Å². The molecule has 0 saturated carbocycles. The molecule has 11 heteroatoms. The topological polar surface area (TPSA) is 127 Å². The first-order valence-corrected chi connectivity index (χ1v) is 10.4. The van der Waals surface area contributed by atoms with Gasteiger partial charge in [0, 0.05) is 31.0 Å². The van der Waals surface area contributed by atoms with Gasteiger partial charge in [0.2, 0.25) is 11.8 Å². The molecule has 3 heterocycles. The number of imide groups is 1. The van der Waals surface area contributed by atoms with E-state index in [2.05, 4.69) is 15.4 Å². The van der Waals surface area contributed by atoms with E-state index in [-0.39, 0.29) is 30.4 Å². The van der Waals surface area contributed by atoms with Crippen molar-refractivity contribution in [2.45, 2.75) is 6.54 Å². The number of aromatic nitrogens is 3. The number of thioether (sulfide) groups is 1. The molecule has 0 unspecified atom stereocenters. The number of amides is 3. The second kappa shape index (κ2) is 9.43. The maximum absolute atomic E-state index is 12.5. The predicted octanol–water partition coefficient (Wildman–Crippen LogP) is 1.75. The van der Waals surface area contributed by atoms with Gasteiger partial charge in [-0.05, 0) is 41.6 Å². The molecule has 1 aliphatic heterocycles. The number of benzene rings is 1. The summed E-state index contributed by atoms with van der Waals surface area (Å²) in [5.41, 5.74) is 1.32. The molecule has 2 aromatic heterocycles. The van der Waals surface area contributed by atoms with Crippen LogP contribution in [0.5, 0.6) is 0 Å². The fraction of sp³-hybridized carbons (Fsp3) is 0.143. The standard InChI is InChI=1S/C21H17N5O5S/c27-17(13-26-20(29)31-18(24-26)15-6-2-1-3-7-15)23-9-10-25-19(28)16(32-21(25)30)11-14-5-4-8-22-12-14/h1-8,11-12H,9-10,13H2,(H,23,27). The van der Waals surface area contributed by atoms with Crippen molar-refractivity contribution in [2.24, 2.45) is 0 Å². The lowest BCUT2D eigenvalue weighted by Gasteiger charge is -2.12. The Balaban J connectivity index is 1.31. The molecule has 3 aromatic rings. The first-order chi connectivity index (χ1) is 15.5. The number of rotatable bonds is 7. The molecule has 3 amide bonds. The molecular formula is C21H17N5O5S. The minimum absolute atomic E-state index is 0.00374. The highest BCUT2D eigenvalue weighted by Crippen LogP contribution is 2.31. The van der Waals surface area contributed by atoms with Gasteiger partial charge in [-0.15, -0.1) is 5.10 Å². The van der Waals surface area contributed by atoms with E-state index >= 15 is 0 Å². The van der Waals surface area contributed by atoms with Crippen molar-refractivity contribution in [1.82, 2.24) is 25.0 Å². The number of carbonyl (C=O) groups excluding carboxylic acids is 3. The van der Waals surface area contributed by atoms with Gasteiger partial charge >= 0.3 is 5.76 Å². The molecule has 0 atom stereocenters. The van der Waals surface area contributed by atoms with E-state index in [1.54, 1.807) is 54.9 Å². The molecule has 1 saturated heterocycles. The zero-order valence-corrected chi connectivity index (χ0v) is 17.4. The summed E-state index contributed by atoms with van der Waals surface area (Å²) in [7, 11) is 0. The number of pyridine rings is 1. The Labute approximate surface area is 185 Å². The van der Waals surface area contributed by atoms with Crippen molar-refractivity contribution >= 4 is 34.9 Å². The lowest BCUT2D eigenvalue weighted by molar-refractivity contribution is -0.124. The first kappa shape index (κ1) is 21.2. The Morgan fingerprint density at radius 2 is 1.94 bits per heavy atom. The summed E-state index contributed by atoms with van der Waals surface area (Å²) in [6, 6.07) is 12.3. The fourth-order valence-electron chi connectivity index (χ4n) is 2.91. The van der Waals surface area contributed by atoms with Crippen LogP contribution in [-0.2, 0) is 16.1 Å². The molecule has 0 bridgehead atoms. The first-order valence-electron chi connectivity index (χ1n) is 9.57. The summed E-state index contributed by atoms with van der Waals surface area (Å²) >= 11 is 0.831. The maximum atomic E-state index is 12.5. The van der Waals surface area contributed by atoms with E-state index in [1.165, 1.54) is 0 Å². The molecule has 4 rings (SSSR count). The maximum Gasteiger partial charge on any atom is 0.437 e. The molecule has 0 spiro atoms. The number of hydrogen-bond donors (Lipinski definition) is 1. The van der Waals surface area contributed by atoms with E-state index in [9.17, 15) is 19.2 Å². The highest BCUT2D eigenvalue weighted by atomic mass is 32.2. The fourth-order valence-corrected chi connectivity index (χ4v) is 3.77. The predicted molar refractivity (Wildman–Crippen MR) is 116 cm³/mol. The van der Waals surface area contributed by atoms with Gasteiger partial charge in [0.05, 0.1) is 4.91 Å². The summed E-state index contributed by atoms with van der Waals surface area (Å²) in [6.07, 6.45) is 4.79. The molecule has 1 N–H and O–H groups in total. The summed E-state index contributed by atoms with van der Waals surface area (Å²) in [5.74, 6) is -1.58. The van der Waals surface area contributed by atoms with E-state index in [1.807, 2.05) is 6.07 Å². The Hall–Kier alpha value is -3.99. The number of nitrogens with zero attached hydrogens (tertiary/aromatic N) is 4. The zero-order chi connectivity index (χ0) is 22.5. The summed E-state index contributed by atoms with van der Waals surface area (Å²) < 4.78 is 5.99. The average molecular weight is 451 g/mol. The van der Waals surface area contributed by atoms with E-state index in [0.717, 1.165) is 21.3 Å². The van der Waals surface area contributed by atoms with Gasteiger partial charge in [-0.3, -0.25) is 24.3 Å². The van der Waals surface area contributed by atoms with E-state index in [0.29, 0.717) is 11.1 Å².